The zero-order valence-corrected chi connectivity index (χ0v) is 10.5. The molecule has 0 bridgehead atoms. The number of hydrogen-bond acceptors (Lipinski definition) is 2. The molecule has 2 heteroatoms. The average molecular weight is 226 g/mol. The molecule has 1 aliphatic rings. The first-order valence-corrected chi connectivity index (χ1v) is 6.79. The van der Waals surface area contributed by atoms with E-state index in [0.29, 0.717) is 6.10 Å². The summed E-state index contributed by atoms with van der Waals surface area (Å²) in [7, 11) is 0. The molecule has 1 N–H and O–H groups in total. The first kappa shape index (κ1) is 13.7. The molecule has 0 aliphatic carbocycles. The number of aliphatic hydroxyl groups is 1. The van der Waals surface area contributed by atoms with Gasteiger partial charge >= 0.3 is 0 Å². The third-order valence-corrected chi connectivity index (χ3v) is 3.13. The normalized spacial score (nSPS) is 24.1. The molecule has 1 aliphatic heterocycles. The monoisotopic (exact) mass is 226 g/mol. The molecule has 1 fully saturated rings. The van der Waals surface area contributed by atoms with Crippen LogP contribution in [0.5, 0.6) is 0 Å². The summed E-state index contributed by atoms with van der Waals surface area (Å²) in [4.78, 5) is 0. The molecule has 0 saturated carbocycles. The van der Waals surface area contributed by atoms with Crippen molar-refractivity contribution < 1.29 is 9.84 Å². The van der Waals surface area contributed by atoms with Gasteiger partial charge in [0, 0.05) is 0 Å². The maximum absolute atomic E-state index is 8.77. The van der Waals surface area contributed by atoms with E-state index in [1.54, 1.807) is 0 Å². The molecule has 94 valence electrons. The lowest BCUT2D eigenvalue weighted by Crippen LogP contribution is -1.97. The van der Waals surface area contributed by atoms with Crippen molar-refractivity contribution in [1.29, 1.82) is 0 Å². The summed E-state index contributed by atoms with van der Waals surface area (Å²) in [6.45, 7) is 2.43. The predicted octanol–water partition coefficient (Wildman–Crippen LogP) is 3.44. The smallest absolute Gasteiger partial charge is 0.107 e. The molecular formula is C14H26O2. The van der Waals surface area contributed by atoms with Crippen molar-refractivity contribution in [2.75, 3.05) is 6.61 Å². The van der Waals surface area contributed by atoms with E-state index < -0.39 is 0 Å². The van der Waals surface area contributed by atoms with Crippen LogP contribution in [-0.2, 0) is 4.74 Å². The van der Waals surface area contributed by atoms with E-state index in [1.165, 1.54) is 44.9 Å². The van der Waals surface area contributed by atoms with E-state index >= 15 is 0 Å². The summed E-state index contributed by atoms with van der Waals surface area (Å²) in [5.41, 5.74) is 0. The number of hydrogen-bond donors (Lipinski definition) is 1. The lowest BCUT2D eigenvalue weighted by molar-refractivity contribution is 0.242. The number of epoxide rings is 1. The van der Waals surface area contributed by atoms with Crippen LogP contribution in [0.4, 0.5) is 0 Å². The van der Waals surface area contributed by atoms with E-state index in [0.717, 1.165) is 6.42 Å². The van der Waals surface area contributed by atoms with Crippen molar-refractivity contribution in [2.45, 2.75) is 70.5 Å². The van der Waals surface area contributed by atoms with Crippen LogP contribution in [0.3, 0.4) is 0 Å². The van der Waals surface area contributed by atoms with Crippen LogP contribution in [0.2, 0.25) is 0 Å². The summed E-state index contributed by atoms with van der Waals surface area (Å²) < 4.78 is 5.24. The van der Waals surface area contributed by atoms with Gasteiger partial charge in [-0.3, -0.25) is 0 Å². The van der Waals surface area contributed by atoms with Gasteiger partial charge in [-0.15, -0.1) is 0 Å². The fourth-order valence-electron chi connectivity index (χ4n) is 1.94. The second kappa shape index (κ2) is 8.77. The van der Waals surface area contributed by atoms with Crippen LogP contribution in [-0.4, -0.2) is 23.9 Å². The van der Waals surface area contributed by atoms with Crippen molar-refractivity contribution in [3.8, 4) is 0 Å². The Balaban J connectivity index is 1.79. The maximum atomic E-state index is 8.77. The fraction of sp³-hybridized carbons (Fsp3) is 0.857. The highest BCUT2D eigenvalue weighted by Crippen LogP contribution is 2.24. The molecule has 0 aromatic carbocycles. The van der Waals surface area contributed by atoms with Gasteiger partial charge in [-0.2, -0.15) is 0 Å². The molecule has 16 heavy (non-hydrogen) atoms. The van der Waals surface area contributed by atoms with Crippen LogP contribution in [0.25, 0.3) is 0 Å². The van der Waals surface area contributed by atoms with E-state index in [1.807, 2.05) is 0 Å². The Hall–Kier alpha value is -0.340. The van der Waals surface area contributed by atoms with Gasteiger partial charge in [0.1, 0.15) is 6.10 Å². The lowest BCUT2D eigenvalue weighted by atomic mass is 10.1. The quantitative estimate of drug-likeness (QED) is 0.351. The number of ether oxygens (including phenoxy) is 1. The zero-order chi connectivity index (χ0) is 11.6. The van der Waals surface area contributed by atoms with Gasteiger partial charge in [0.05, 0.1) is 12.7 Å². The van der Waals surface area contributed by atoms with Crippen molar-refractivity contribution in [3.63, 3.8) is 0 Å². The van der Waals surface area contributed by atoms with Gasteiger partial charge in [0.25, 0.3) is 0 Å². The van der Waals surface area contributed by atoms with Crippen LogP contribution in [0.1, 0.15) is 58.3 Å². The highest BCUT2D eigenvalue weighted by Gasteiger charge is 2.36. The number of rotatable bonds is 10. The van der Waals surface area contributed by atoms with Gasteiger partial charge in [-0.25, -0.2) is 0 Å². The van der Waals surface area contributed by atoms with Gasteiger partial charge < -0.3 is 9.84 Å². The molecule has 0 amide bonds. The standard InChI is InChI=1S/C14H26O2/c1-2-3-4-5-6-7-8-9-10-11-13-14(12-15)16-13/h9-10,13-15H,2-8,11-12H2,1H3/b10-9-/t13-,14-/m0/s1. The Bertz CT molecular complexity index is 189. The Morgan fingerprint density at radius 2 is 1.75 bits per heavy atom. The van der Waals surface area contributed by atoms with Crippen LogP contribution < -0.4 is 0 Å². The average Bonchev–Trinajstić information content (AvgIpc) is 3.05. The fourth-order valence-corrected chi connectivity index (χ4v) is 1.94. The van der Waals surface area contributed by atoms with E-state index in [-0.39, 0.29) is 12.7 Å². The topological polar surface area (TPSA) is 32.8 Å². The van der Waals surface area contributed by atoms with Crippen molar-refractivity contribution in [1.82, 2.24) is 0 Å². The van der Waals surface area contributed by atoms with E-state index in [2.05, 4.69) is 19.1 Å². The molecule has 1 heterocycles. The third-order valence-electron chi connectivity index (χ3n) is 3.13. The molecular weight excluding hydrogens is 200 g/mol. The molecule has 1 rings (SSSR count). The minimum absolute atomic E-state index is 0.124. The van der Waals surface area contributed by atoms with Gasteiger partial charge in [-0.05, 0) is 19.3 Å². The van der Waals surface area contributed by atoms with Gasteiger partial charge in [0.15, 0.2) is 0 Å². The molecule has 2 atom stereocenters. The minimum atomic E-state index is 0.124. The third kappa shape index (κ3) is 6.29. The second-order valence-corrected chi connectivity index (χ2v) is 4.66. The van der Waals surface area contributed by atoms with Crippen LogP contribution in [0.15, 0.2) is 12.2 Å². The van der Waals surface area contributed by atoms with E-state index in [4.69, 9.17) is 9.84 Å². The summed E-state index contributed by atoms with van der Waals surface area (Å²) in [6, 6.07) is 0. The van der Waals surface area contributed by atoms with Crippen molar-refractivity contribution in [2.24, 2.45) is 0 Å². The second-order valence-electron chi connectivity index (χ2n) is 4.66. The minimum Gasteiger partial charge on any atom is -0.394 e. The molecule has 0 spiro atoms. The molecule has 0 aromatic rings. The SMILES string of the molecule is CCCCCCCC/C=C\C[C@@H]1O[C@H]1CO. The summed E-state index contributed by atoms with van der Waals surface area (Å²) in [5, 5.41) is 8.77. The lowest BCUT2D eigenvalue weighted by Gasteiger charge is -1.97. The van der Waals surface area contributed by atoms with Crippen molar-refractivity contribution in [3.05, 3.63) is 12.2 Å². The van der Waals surface area contributed by atoms with Crippen LogP contribution >= 0.6 is 0 Å². The first-order valence-electron chi connectivity index (χ1n) is 6.79. The molecule has 2 nitrogen and oxygen atoms in total. The Kier molecular flexibility index (Phi) is 7.52. The van der Waals surface area contributed by atoms with Crippen molar-refractivity contribution >= 4 is 0 Å². The first-order chi connectivity index (χ1) is 7.88. The molecule has 0 aromatic heterocycles. The number of unbranched alkanes of at least 4 members (excludes halogenated alkanes) is 6. The Labute approximate surface area is 99.7 Å². The van der Waals surface area contributed by atoms with Gasteiger partial charge in [-0.1, -0.05) is 51.2 Å². The number of aliphatic hydroxyl groups excluding tert-OH is 1. The zero-order valence-electron chi connectivity index (χ0n) is 10.5. The van der Waals surface area contributed by atoms with Crippen LogP contribution in [0, 0.1) is 0 Å². The summed E-state index contributed by atoms with van der Waals surface area (Å²) in [6.07, 6.45) is 15.2. The van der Waals surface area contributed by atoms with E-state index in [9.17, 15) is 0 Å². The summed E-state index contributed by atoms with van der Waals surface area (Å²) in [5.74, 6) is 0. The Morgan fingerprint density at radius 1 is 1.00 bits per heavy atom. The predicted molar refractivity (Wildman–Crippen MR) is 67.5 cm³/mol. The molecule has 0 unspecified atom stereocenters. The van der Waals surface area contributed by atoms with Gasteiger partial charge in [0.2, 0.25) is 0 Å². The largest absolute Gasteiger partial charge is 0.394 e. The Morgan fingerprint density at radius 3 is 2.44 bits per heavy atom. The molecule has 1 saturated heterocycles. The summed E-state index contributed by atoms with van der Waals surface area (Å²) >= 11 is 0. The number of allylic oxidation sites excluding steroid dienone is 1. The maximum Gasteiger partial charge on any atom is 0.107 e. The highest BCUT2D eigenvalue weighted by atomic mass is 16.6. The highest BCUT2D eigenvalue weighted by molar-refractivity contribution is 4.93. The molecule has 0 radical (unpaired) electrons.